The van der Waals surface area contributed by atoms with E-state index in [1.54, 1.807) is 36.4 Å². The van der Waals surface area contributed by atoms with Gasteiger partial charge in [-0.3, -0.25) is 4.79 Å². The molecule has 3 aromatic carbocycles. The van der Waals surface area contributed by atoms with Gasteiger partial charge in [0.05, 0.1) is 4.90 Å². The number of aryl methyl sites for hydroxylation is 1. The van der Waals surface area contributed by atoms with Gasteiger partial charge in [-0.05, 0) is 55.0 Å². The van der Waals surface area contributed by atoms with Crippen molar-refractivity contribution < 1.29 is 26.7 Å². The zero-order valence-electron chi connectivity index (χ0n) is 17.8. The molecule has 0 radical (unpaired) electrons. The molecule has 6 nitrogen and oxygen atoms in total. The van der Waals surface area contributed by atoms with Crippen LogP contribution in [0.4, 0.5) is 8.78 Å². The average Bonchev–Trinajstić information content (AvgIpc) is 3.02. The van der Waals surface area contributed by atoms with E-state index in [4.69, 9.17) is 4.74 Å². The van der Waals surface area contributed by atoms with Crippen molar-refractivity contribution in [1.29, 1.82) is 0 Å². The molecule has 0 atom stereocenters. The van der Waals surface area contributed by atoms with Gasteiger partial charge in [0.2, 0.25) is 10.0 Å². The number of benzene rings is 3. The largest absolute Gasteiger partial charge is 0.492 e. The van der Waals surface area contributed by atoms with Crippen LogP contribution < -0.4 is 10.1 Å². The quantitative estimate of drug-likeness (QED) is 0.613. The van der Waals surface area contributed by atoms with Crippen molar-refractivity contribution in [2.45, 2.75) is 24.9 Å². The lowest BCUT2D eigenvalue weighted by Crippen LogP contribution is -2.32. The number of nitrogens with zero attached hydrogens (tertiary/aromatic N) is 1. The molecule has 172 valence electrons. The Kier molecular flexibility index (Phi) is 6.44. The number of rotatable bonds is 5. The second-order valence-electron chi connectivity index (χ2n) is 7.69. The van der Waals surface area contributed by atoms with E-state index in [9.17, 15) is 22.0 Å². The number of hydrogen-bond acceptors (Lipinski definition) is 4. The molecule has 1 N–H and O–H groups in total. The number of ether oxygens (including phenoxy) is 1. The van der Waals surface area contributed by atoms with Gasteiger partial charge in [0.1, 0.15) is 24.0 Å². The predicted molar refractivity (Wildman–Crippen MR) is 118 cm³/mol. The van der Waals surface area contributed by atoms with Crippen LogP contribution in [-0.2, 0) is 23.1 Å². The molecule has 1 aliphatic heterocycles. The Morgan fingerprint density at radius 2 is 1.85 bits per heavy atom. The Hall–Kier alpha value is -3.30. The molecular weight excluding hydrogens is 450 g/mol. The van der Waals surface area contributed by atoms with Crippen molar-refractivity contribution in [3.63, 3.8) is 0 Å². The van der Waals surface area contributed by atoms with Gasteiger partial charge < -0.3 is 10.1 Å². The van der Waals surface area contributed by atoms with Crippen molar-refractivity contribution in [3.05, 3.63) is 94.6 Å². The number of fused-ring (bicyclic) bond motifs is 1. The molecule has 0 saturated carbocycles. The summed E-state index contributed by atoms with van der Waals surface area (Å²) in [5.74, 6) is -0.836. The van der Waals surface area contributed by atoms with Crippen LogP contribution in [0.5, 0.6) is 5.75 Å². The van der Waals surface area contributed by atoms with Crippen molar-refractivity contribution in [2.24, 2.45) is 0 Å². The van der Waals surface area contributed by atoms with Crippen LogP contribution in [0.15, 0.2) is 65.6 Å². The van der Waals surface area contributed by atoms with Crippen molar-refractivity contribution >= 4 is 15.9 Å². The van der Waals surface area contributed by atoms with Gasteiger partial charge in [-0.15, -0.1) is 0 Å². The van der Waals surface area contributed by atoms with Gasteiger partial charge >= 0.3 is 0 Å². The number of nitrogens with one attached hydrogen (secondary N) is 1. The lowest BCUT2D eigenvalue weighted by Gasteiger charge is -2.20. The zero-order chi connectivity index (χ0) is 23.6. The molecule has 0 aromatic heterocycles. The minimum absolute atomic E-state index is 0.0105. The molecule has 9 heteroatoms. The maximum atomic E-state index is 13.8. The predicted octanol–water partition coefficient (Wildman–Crippen LogP) is 3.79. The first-order chi connectivity index (χ1) is 15.8. The number of amides is 1. The lowest BCUT2D eigenvalue weighted by molar-refractivity contribution is 0.0950. The molecule has 1 amide bonds. The Labute approximate surface area is 190 Å². The highest BCUT2D eigenvalue weighted by molar-refractivity contribution is 7.89. The summed E-state index contributed by atoms with van der Waals surface area (Å²) in [5.41, 5.74) is 1.41. The van der Waals surface area contributed by atoms with Crippen LogP contribution in [-0.4, -0.2) is 31.8 Å². The fraction of sp³-hybridized carbons (Fsp3) is 0.208. The average molecular weight is 473 g/mol. The molecule has 4 rings (SSSR count). The van der Waals surface area contributed by atoms with Gasteiger partial charge in [0.15, 0.2) is 0 Å². The van der Waals surface area contributed by atoms with Gasteiger partial charge in [0.25, 0.3) is 5.91 Å². The monoisotopic (exact) mass is 472 g/mol. The molecule has 0 bridgehead atoms. The van der Waals surface area contributed by atoms with Crippen molar-refractivity contribution in [1.82, 2.24) is 9.62 Å². The van der Waals surface area contributed by atoms with Crippen molar-refractivity contribution in [2.75, 3.05) is 13.2 Å². The molecular formula is C24H22F2N2O4S. The van der Waals surface area contributed by atoms with E-state index in [0.29, 0.717) is 22.4 Å². The zero-order valence-corrected chi connectivity index (χ0v) is 18.7. The second-order valence-corrected chi connectivity index (χ2v) is 9.63. The Bertz CT molecular complexity index is 1310. The molecule has 33 heavy (non-hydrogen) atoms. The van der Waals surface area contributed by atoms with E-state index in [1.807, 2.05) is 0 Å². The molecule has 0 spiro atoms. The third kappa shape index (κ3) is 4.89. The first-order valence-corrected chi connectivity index (χ1v) is 11.7. The van der Waals surface area contributed by atoms with Gasteiger partial charge in [0, 0.05) is 36.3 Å². The van der Waals surface area contributed by atoms with E-state index in [2.05, 4.69) is 5.32 Å². The standard InChI is InChI=1S/C24H22F2N2O4S/c1-16-12-20(7-8-21(16)25)33(30,31)28-10-11-32-23-9-6-17(13-19(23)15-28)24(29)27-14-18-4-2-3-5-22(18)26/h2-9,12-13H,10-11,14-15H2,1H3,(H,27,29). The summed E-state index contributed by atoms with van der Waals surface area (Å²) in [6.07, 6.45) is 0. The third-order valence-corrected chi connectivity index (χ3v) is 7.27. The van der Waals surface area contributed by atoms with E-state index in [-0.39, 0.29) is 36.7 Å². The summed E-state index contributed by atoms with van der Waals surface area (Å²) in [6.45, 7) is 1.74. The molecule has 0 aliphatic carbocycles. The fourth-order valence-electron chi connectivity index (χ4n) is 3.56. The van der Waals surface area contributed by atoms with Crippen LogP contribution >= 0.6 is 0 Å². The number of sulfonamides is 1. The molecule has 1 aliphatic rings. The van der Waals surface area contributed by atoms with Gasteiger partial charge in [-0.1, -0.05) is 18.2 Å². The second kappa shape index (κ2) is 9.29. The van der Waals surface area contributed by atoms with Gasteiger partial charge in [-0.2, -0.15) is 4.31 Å². The van der Waals surface area contributed by atoms with E-state index >= 15 is 0 Å². The first-order valence-electron chi connectivity index (χ1n) is 10.3. The highest BCUT2D eigenvalue weighted by Gasteiger charge is 2.28. The summed E-state index contributed by atoms with van der Waals surface area (Å²) in [7, 11) is -3.91. The minimum Gasteiger partial charge on any atom is -0.492 e. The highest BCUT2D eigenvalue weighted by atomic mass is 32.2. The van der Waals surface area contributed by atoms with Crippen molar-refractivity contribution in [3.8, 4) is 5.75 Å². The number of carbonyl (C=O) groups excluding carboxylic acids is 1. The summed E-state index contributed by atoms with van der Waals surface area (Å²) < 4.78 is 60.7. The Balaban J connectivity index is 1.55. The molecule has 0 fully saturated rings. The highest BCUT2D eigenvalue weighted by Crippen LogP contribution is 2.28. The fourth-order valence-corrected chi connectivity index (χ4v) is 5.05. The summed E-state index contributed by atoms with van der Waals surface area (Å²) in [5, 5.41) is 2.67. The van der Waals surface area contributed by atoms with Crippen LogP contribution in [0.2, 0.25) is 0 Å². The smallest absolute Gasteiger partial charge is 0.251 e. The Morgan fingerprint density at radius 1 is 1.06 bits per heavy atom. The van der Waals surface area contributed by atoms with E-state index in [0.717, 1.165) is 6.07 Å². The maximum absolute atomic E-state index is 13.8. The summed E-state index contributed by atoms with van der Waals surface area (Å²) >= 11 is 0. The van der Waals surface area contributed by atoms with E-state index < -0.39 is 27.6 Å². The molecule has 1 heterocycles. The molecule has 3 aromatic rings. The first kappa shape index (κ1) is 22.9. The lowest BCUT2D eigenvalue weighted by atomic mass is 10.1. The normalized spacial score (nSPS) is 14.2. The van der Waals surface area contributed by atoms with E-state index in [1.165, 1.54) is 29.4 Å². The minimum atomic E-state index is -3.91. The van der Waals surface area contributed by atoms with Crippen LogP contribution in [0.25, 0.3) is 0 Å². The Morgan fingerprint density at radius 3 is 2.61 bits per heavy atom. The maximum Gasteiger partial charge on any atom is 0.251 e. The molecule has 0 saturated heterocycles. The third-order valence-electron chi connectivity index (χ3n) is 5.43. The van der Waals surface area contributed by atoms with Crippen LogP contribution in [0.1, 0.15) is 27.0 Å². The summed E-state index contributed by atoms with van der Waals surface area (Å²) in [6, 6.07) is 14.6. The molecule has 0 unspecified atom stereocenters. The number of hydrogen-bond donors (Lipinski definition) is 1. The topological polar surface area (TPSA) is 75.7 Å². The number of halogens is 2. The van der Waals surface area contributed by atoms with Crippen LogP contribution in [0, 0.1) is 18.6 Å². The summed E-state index contributed by atoms with van der Waals surface area (Å²) in [4.78, 5) is 12.6. The number of carbonyl (C=O) groups is 1. The SMILES string of the molecule is Cc1cc(S(=O)(=O)N2CCOc3ccc(C(=O)NCc4ccccc4F)cc3C2)ccc1F. The van der Waals surface area contributed by atoms with Gasteiger partial charge in [-0.25, -0.2) is 17.2 Å². The van der Waals surface area contributed by atoms with Crippen LogP contribution in [0.3, 0.4) is 0 Å².